The van der Waals surface area contributed by atoms with E-state index in [1.165, 1.54) is 0 Å². The molecule has 0 amide bonds. The fourth-order valence-electron chi connectivity index (χ4n) is 1.09. The Balaban J connectivity index is 3.36. The first-order valence-electron chi connectivity index (χ1n) is 4.23. The highest BCUT2D eigenvalue weighted by Gasteiger charge is 2.34. The first kappa shape index (κ1) is 14.2. The maximum absolute atomic E-state index is 12.0. The van der Waals surface area contributed by atoms with Gasteiger partial charge in [0.1, 0.15) is 0 Å². The number of pyridine rings is 1. The zero-order valence-electron chi connectivity index (χ0n) is 8.62. The minimum absolute atomic E-state index is 0.345. The first-order chi connectivity index (χ1) is 8.11. The molecule has 1 rings (SSSR count). The summed E-state index contributed by atoms with van der Waals surface area (Å²) in [7, 11) is 0. The van der Waals surface area contributed by atoms with Gasteiger partial charge in [-0.15, -0.1) is 13.2 Å². The molecule has 1 aromatic rings. The Hall–Kier alpha value is -1.90. The van der Waals surface area contributed by atoms with Crippen LogP contribution in [0.15, 0.2) is 6.07 Å². The SMILES string of the molecule is Cc1nc(C(=O)Cl)c([N+](=O)[O-])cc1OC(F)(F)F. The number of aryl methyl sites for hydroxylation is 1. The van der Waals surface area contributed by atoms with Crippen LogP contribution in [-0.4, -0.2) is 21.5 Å². The van der Waals surface area contributed by atoms with E-state index in [0.717, 1.165) is 6.92 Å². The lowest BCUT2D eigenvalue weighted by Gasteiger charge is -2.11. The van der Waals surface area contributed by atoms with Crippen molar-refractivity contribution < 1.29 is 27.6 Å². The highest BCUT2D eigenvalue weighted by Crippen LogP contribution is 2.30. The van der Waals surface area contributed by atoms with E-state index in [-0.39, 0.29) is 5.69 Å². The molecule has 0 aliphatic rings. The van der Waals surface area contributed by atoms with Crippen LogP contribution in [-0.2, 0) is 0 Å². The number of ether oxygens (including phenoxy) is 1. The Morgan fingerprint density at radius 3 is 2.50 bits per heavy atom. The number of carbonyl (C=O) groups is 1. The zero-order chi connectivity index (χ0) is 14.1. The van der Waals surface area contributed by atoms with Crippen molar-refractivity contribution >= 4 is 22.5 Å². The molecule has 0 spiro atoms. The molecule has 0 atom stereocenters. The average Bonchev–Trinajstić information content (AvgIpc) is 2.17. The van der Waals surface area contributed by atoms with Crippen molar-refractivity contribution in [3.8, 4) is 5.75 Å². The summed E-state index contributed by atoms with van der Waals surface area (Å²) in [5.74, 6) is -0.865. The van der Waals surface area contributed by atoms with Gasteiger partial charge in [-0.2, -0.15) is 0 Å². The summed E-state index contributed by atoms with van der Waals surface area (Å²) in [5.41, 5.74) is -2.05. The second-order valence-corrected chi connectivity index (χ2v) is 3.36. The number of alkyl halides is 3. The standard InChI is InChI=1S/C8H4ClF3N2O4/c1-3-5(18-8(10,11)12)2-4(14(16)17)6(13-3)7(9)15/h2H,1H3. The van der Waals surface area contributed by atoms with Gasteiger partial charge in [0.2, 0.25) is 5.69 Å². The smallest absolute Gasteiger partial charge is 0.404 e. The molecule has 0 fully saturated rings. The molecule has 0 saturated heterocycles. The molecule has 0 aliphatic heterocycles. The van der Waals surface area contributed by atoms with E-state index in [1.54, 1.807) is 0 Å². The minimum Gasteiger partial charge on any atom is -0.404 e. The van der Waals surface area contributed by atoms with Crippen LogP contribution in [0.4, 0.5) is 18.9 Å². The van der Waals surface area contributed by atoms with Gasteiger partial charge in [0.15, 0.2) is 5.75 Å². The largest absolute Gasteiger partial charge is 0.573 e. The summed E-state index contributed by atoms with van der Waals surface area (Å²) in [6, 6.07) is 0.450. The first-order valence-corrected chi connectivity index (χ1v) is 4.61. The van der Waals surface area contributed by atoms with Crippen molar-refractivity contribution in [3.05, 3.63) is 27.6 Å². The molecule has 6 nitrogen and oxygen atoms in total. The monoisotopic (exact) mass is 284 g/mol. The highest BCUT2D eigenvalue weighted by molar-refractivity contribution is 6.67. The molecule has 18 heavy (non-hydrogen) atoms. The van der Waals surface area contributed by atoms with Gasteiger partial charge in [-0.05, 0) is 18.5 Å². The predicted octanol–water partition coefficient (Wildman–Crippen LogP) is 2.58. The third-order valence-corrected chi connectivity index (χ3v) is 1.93. The van der Waals surface area contributed by atoms with Crippen molar-refractivity contribution in [1.82, 2.24) is 4.98 Å². The van der Waals surface area contributed by atoms with Gasteiger partial charge < -0.3 is 4.74 Å². The molecule has 0 N–H and O–H groups in total. The van der Waals surface area contributed by atoms with E-state index in [2.05, 4.69) is 9.72 Å². The van der Waals surface area contributed by atoms with Crippen molar-refractivity contribution in [3.63, 3.8) is 0 Å². The average molecular weight is 285 g/mol. The number of hydrogen-bond donors (Lipinski definition) is 0. The number of carbonyl (C=O) groups excluding carboxylic acids is 1. The maximum atomic E-state index is 12.0. The number of rotatable bonds is 3. The molecule has 0 bridgehead atoms. The fourth-order valence-corrected chi connectivity index (χ4v) is 1.23. The quantitative estimate of drug-likeness (QED) is 0.484. The van der Waals surface area contributed by atoms with Gasteiger partial charge in [-0.25, -0.2) is 4.98 Å². The van der Waals surface area contributed by atoms with E-state index in [0.29, 0.717) is 6.07 Å². The normalized spacial score (nSPS) is 11.2. The van der Waals surface area contributed by atoms with Crippen molar-refractivity contribution in [1.29, 1.82) is 0 Å². The summed E-state index contributed by atoms with van der Waals surface area (Å²) in [6.45, 7) is 1.09. The Kier molecular flexibility index (Phi) is 3.75. The van der Waals surface area contributed by atoms with Gasteiger partial charge in [0.05, 0.1) is 16.7 Å². The minimum atomic E-state index is -5.02. The number of halogens is 4. The molecule has 0 aliphatic carbocycles. The highest BCUT2D eigenvalue weighted by atomic mass is 35.5. The molecule has 10 heteroatoms. The zero-order valence-corrected chi connectivity index (χ0v) is 9.37. The van der Waals surface area contributed by atoms with Crippen LogP contribution in [0.25, 0.3) is 0 Å². The third kappa shape index (κ3) is 3.29. The van der Waals surface area contributed by atoms with Crippen LogP contribution in [0, 0.1) is 17.0 Å². The van der Waals surface area contributed by atoms with Crippen molar-refractivity contribution in [2.75, 3.05) is 0 Å². The van der Waals surface area contributed by atoms with Crippen LogP contribution >= 0.6 is 11.6 Å². The van der Waals surface area contributed by atoms with Crippen LogP contribution in [0.1, 0.15) is 16.2 Å². The van der Waals surface area contributed by atoms with Crippen LogP contribution < -0.4 is 4.74 Å². The number of nitro groups is 1. The van der Waals surface area contributed by atoms with Crippen LogP contribution in [0.2, 0.25) is 0 Å². The second-order valence-electron chi connectivity index (χ2n) is 3.02. The molecule has 0 radical (unpaired) electrons. The van der Waals surface area contributed by atoms with E-state index in [1.807, 2.05) is 0 Å². The molecule has 0 saturated carbocycles. The second kappa shape index (κ2) is 4.77. The molecule has 0 aromatic carbocycles. The van der Waals surface area contributed by atoms with Crippen LogP contribution in [0.5, 0.6) is 5.75 Å². The molecular formula is C8H4ClF3N2O4. The number of aromatic nitrogens is 1. The van der Waals surface area contributed by atoms with E-state index in [4.69, 9.17) is 11.6 Å². The summed E-state index contributed by atoms with van der Waals surface area (Å²) >= 11 is 5.04. The van der Waals surface area contributed by atoms with E-state index in [9.17, 15) is 28.1 Å². The van der Waals surface area contributed by atoms with Gasteiger partial charge >= 0.3 is 12.0 Å². The molecule has 0 unspecified atom stereocenters. The van der Waals surface area contributed by atoms with Crippen molar-refractivity contribution in [2.45, 2.75) is 13.3 Å². The van der Waals surface area contributed by atoms with Gasteiger partial charge in [0.25, 0.3) is 5.24 Å². The van der Waals surface area contributed by atoms with E-state index >= 15 is 0 Å². The maximum Gasteiger partial charge on any atom is 0.573 e. The number of nitrogens with zero attached hydrogens (tertiary/aromatic N) is 2. The lowest BCUT2D eigenvalue weighted by atomic mass is 10.2. The topological polar surface area (TPSA) is 82.3 Å². The number of hydrogen-bond acceptors (Lipinski definition) is 5. The Bertz CT molecular complexity index is 518. The van der Waals surface area contributed by atoms with Crippen molar-refractivity contribution in [2.24, 2.45) is 0 Å². The van der Waals surface area contributed by atoms with Gasteiger partial charge in [-0.3, -0.25) is 14.9 Å². The Labute approximate surface area is 102 Å². The summed E-state index contributed by atoms with van der Waals surface area (Å²) in [4.78, 5) is 23.7. The predicted molar refractivity (Wildman–Crippen MR) is 52.5 cm³/mol. The molecular weight excluding hydrogens is 281 g/mol. The molecule has 98 valence electrons. The van der Waals surface area contributed by atoms with E-state index < -0.39 is 33.7 Å². The van der Waals surface area contributed by atoms with Gasteiger partial charge in [0, 0.05) is 0 Å². The molecule has 1 aromatic heterocycles. The third-order valence-electron chi connectivity index (χ3n) is 1.76. The fraction of sp³-hybridized carbons (Fsp3) is 0.250. The van der Waals surface area contributed by atoms with Crippen LogP contribution in [0.3, 0.4) is 0 Å². The summed E-state index contributed by atoms with van der Waals surface area (Å²) in [6.07, 6.45) is -5.02. The summed E-state index contributed by atoms with van der Waals surface area (Å²) in [5, 5.41) is 9.33. The Morgan fingerprint density at radius 2 is 2.11 bits per heavy atom. The lowest BCUT2D eigenvalue weighted by molar-refractivity contribution is -0.385. The molecule has 1 heterocycles. The van der Waals surface area contributed by atoms with Gasteiger partial charge in [-0.1, -0.05) is 0 Å². The summed E-state index contributed by atoms with van der Waals surface area (Å²) < 4.78 is 39.5. The Morgan fingerprint density at radius 1 is 1.56 bits per heavy atom. The lowest BCUT2D eigenvalue weighted by Crippen LogP contribution is -2.18.